The van der Waals surface area contributed by atoms with Crippen molar-refractivity contribution >= 4 is 40.6 Å². The maximum Gasteiger partial charge on any atom is 0.251 e. The molecular weight excluding hydrogens is 429 g/mol. The molecule has 0 fully saturated rings. The summed E-state index contributed by atoms with van der Waals surface area (Å²) in [5.74, 6) is 0.545. The molecule has 4 nitrogen and oxygen atoms in total. The van der Waals surface area contributed by atoms with Gasteiger partial charge in [0.05, 0.1) is 10.0 Å². The summed E-state index contributed by atoms with van der Waals surface area (Å²) in [6.07, 6.45) is 1.74. The quantitative estimate of drug-likeness (QED) is 0.344. The lowest BCUT2D eigenvalue weighted by atomic mass is 10.0. The number of pyridine rings is 1. The first-order valence-electron chi connectivity index (χ1n) is 9.70. The van der Waals surface area contributed by atoms with Gasteiger partial charge in [0, 0.05) is 24.0 Å². The van der Waals surface area contributed by atoms with E-state index in [0.717, 1.165) is 28.2 Å². The Morgan fingerprint density at radius 2 is 1.61 bits per heavy atom. The highest BCUT2D eigenvalue weighted by Gasteiger charge is 2.10. The highest BCUT2D eigenvalue weighted by molar-refractivity contribution is 6.42. The number of carbonyl (C=O) groups excluding carboxylic acids is 1. The first-order chi connectivity index (χ1) is 15.1. The van der Waals surface area contributed by atoms with Gasteiger partial charge in [-0.05, 0) is 59.2 Å². The van der Waals surface area contributed by atoms with Gasteiger partial charge < -0.3 is 10.6 Å². The molecule has 0 aliphatic carbocycles. The van der Waals surface area contributed by atoms with Gasteiger partial charge in [0.15, 0.2) is 0 Å². The van der Waals surface area contributed by atoms with Crippen LogP contribution in [0.1, 0.15) is 15.9 Å². The molecule has 0 aliphatic heterocycles. The van der Waals surface area contributed by atoms with E-state index < -0.39 is 0 Å². The number of carbonyl (C=O) groups is 1. The van der Waals surface area contributed by atoms with E-state index in [1.54, 1.807) is 24.4 Å². The molecule has 0 bridgehead atoms. The number of amides is 1. The van der Waals surface area contributed by atoms with E-state index in [0.29, 0.717) is 22.2 Å². The predicted octanol–water partition coefficient (Wildman–Crippen LogP) is 6.73. The minimum Gasteiger partial charge on any atom is -0.348 e. The normalized spacial score (nSPS) is 10.5. The molecule has 154 valence electrons. The fourth-order valence-electron chi connectivity index (χ4n) is 3.15. The molecule has 6 heteroatoms. The molecule has 0 aliphatic rings. The zero-order valence-electron chi connectivity index (χ0n) is 16.5. The number of nitrogens with zero attached hydrogens (tertiary/aromatic N) is 1. The van der Waals surface area contributed by atoms with E-state index >= 15 is 0 Å². The standard InChI is InChI=1S/C25H19Cl2N3O/c26-22-11-5-8-20(24(22)27)16-29-25(31)19-7-4-6-17(14-19)18-12-13-28-23(15-18)30-21-9-2-1-3-10-21/h1-15H,16H2,(H,28,30)(H,29,31). The molecule has 0 atom stereocenters. The van der Waals surface area contributed by atoms with E-state index in [9.17, 15) is 4.79 Å². The molecule has 4 aromatic rings. The Hall–Kier alpha value is -3.34. The van der Waals surface area contributed by atoms with Crippen LogP contribution >= 0.6 is 23.2 Å². The number of para-hydroxylation sites is 1. The van der Waals surface area contributed by atoms with Gasteiger partial charge in [-0.2, -0.15) is 0 Å². The van der Waals surface area contributed by atoms with E-state index in [1.807, 2.05) is 66.7 Å². The second kappa shape index (κ2) is 9.65. The van der Waals surface area contributed by atoms with Crippen LogP contribution < -0.4 is 10.6 Å². The predicted molar refractivity (Wildman–Crippen MR) is 127 cm³/mol. The van der Waals surface area contributed by atoms with Crippen molar-refractivity contribution in [3.05, 3.63) is 112 Å². The smallest absolute Gasteiger partial charge is 0.251 e. The molecule has 0 saturated heterocycles. The minimum absolute atomic E-state index is 0.186. The number of rotatable bonds is 6. The number of halogens is 2. The lowest BCUT2D eigenvalue weighted by Gasteiger charge is -2.10. The Labute approximate surface area is 190 Å². The van der Waals surface area contributed by atoms with Gasteiger partial charge >= 0.3 is 0 Å². The second-order valence-electron chi connectivity index (χ2n) is 6.90. The van der Waals surface area contributed by atoms with Crippen molar-refractivity contribution in [1.29, 1.82) is 0 Å². The highest BCUT2D eigenvalue weighted by Crippen LogP contribution is 2.26. The Kier molecular flexibility index (Phi) is 6.51. The second-order valence-corrected chi connectivity index (χ2v) is 7.68. The van der Waals surface area contributed by atoms with Gasteiger partial charge in [0.25, 0.3) is 5.91 Å². The molecule has 1 heterocycles. The summed E-state index contributed by atoms with van der Waals surface area (Å²) < 4.78 is 0. The van der Waals surface area contributed by atoms with Crippen LogP contribution in [0.2, 0.25) is 10.0 Å². The number of nitrogens with one attached hydrogen (secondary N) is 2. The molecule has 0 saturated carbocycles. The van der Waals surface area contributed by atoms with E-state index in [2.05, 4.69) is 15.6 Å². The summed E-state index contributed by atoms with van der Waals surface area (Å²) in [4.78, 5) is 17.1. The Balaban J connectivity index is 1.49. The van der Waals surface area contributed by atoms with Crippen LogP contribution in [-0.2, 0) is 6.54 Å². The van der Waals surface area contributed by atoms with Crippen molar-refractivity contribution in [3.8, 4) is 11.1 Å². The molecule has 4 rings (SSSR count). The third kappa shape index (κ3) is 5.23. The number of benzene rings is 3. The summed E-state index contributed by atoms with van der Waals surface area (Å²) in [5, 5.41) is 7.10. The van der Waals surface area contributed by atoms with Gasteiger partial charge in [0.2, 0.25) is 0 Å². The molecule has 1 amide bonds. The first-order valence-corrected chi connectivity index (χ1v) is 10.5. The van der Waals surface area contributed by atoms with Crippen molar-refractivity contribution in [3.63, 3.8) is 0 Å². The van der Waals surface area contributed by atoms with E-state index in [4.69, 9.17) is 23.2 Å². The Morgan fingerprint density at radius 3 is 2.45 bits per heavy atom. The van der Waals surface area contributed by atoms with E-state index in [1.165, 1.54) is 0 Å². The van der Waals surface area contributed by atoms with Crippen LogP contribution in [0.3, 0.4) is 0 Å². The molecular formula is C25H19Cl2N3O. The lowest BCUT2D eigenvalue weighted by molar-refractivity contribution is 0.0951. The fraction of sp³-hybridized carbons (Fsp3) is 0.0400. The summed E-state index contributed by atoms with van der Waals surface area (Å²) in [6.45, 7) is 0.294. The molecule has 0 radical (unpaired) electrons. The summed E-state index contributed by atoms with van der Waals surface area (Å²) in [6, 6.07) is 26.5. The zero-order chi connectivity index (χ0) is 21.6. The zero-order valence-corrected chi connectivity index (χ0v) is 18.0. The number of anilines is 2. The van der Waals surface area contributed by atoms with Crippen LogP contribution in [0, 0.1) is 0 Å². The monoisotopic (exact) mass is 447 g/mol. The third-order valence-corrected chi connectivity index (χ3v) is 5.59. The molecule has 2 N–H and O–H groups in total. The summed E-state index contributed by atoms with van der Waals surface area (Å²) in [5.41, 5.74) is 4.17. The molecule has 0 spiro atoms. The van der Waals surface area contributed by atoms with Gasteiger partial charge in [-0.1, -0.05) is 65.7 Å². The van der Waals surface area contributed by atoms with Gasteiger partial charge in [-0.15, -0.1) is 0 Å². The van der Waals surface area contributed by atoms with Crippen LogP contribution in [-0.4, -0.2) is 10.9 Å². The van der Waals surface area contributed by atoms with Crippen LogP contribution in [0.15, 0.2) is 91.1 Å². The Morgan fingerprint density at radius 1 is 0.839 bits per heavy atom. The van der Waals surface area contributed by atoms with Crippen LogP contribution in [0.4, 0.5) is 11.5 Å². The van der Waals surface area contributed by atoms with Crippen LogP contribution in [0.25, 0.3) is 11.1 Å². The van der Waals surface area contributed by atoms with Gasteiger partial charge in [-0.3, -0.25) is 4.79 Å². The molecule has 0 unspecified atom stereocenters. The third-order valence-electron chi connectivity index (χ3n) is 4.74. The van der Waals surface area contributed by atoms with Crippen molar-refractivity contribution < 1.29 is 4.79 Å². The number of aromatic nitrogens is 1. The van der Waals surface area contributed by atoms with Crippen molar-refractivity contribution in [2.45, 2.75) is 6.54 Å². The average molecular weight is 448 g/mol. The first kappa shape index (κ1) is 20.9. The maximum absolute atomic E-state index is 12.7. The fourth-order valence-corrected chi connectivity index (χ4v) is 3.54. The maximum atomic E-state index is 12.7. The largest absolute Gasteiger partial charge is 0.348 e. The Bertz CT molecular complexity index is 1210. The van der Waals surface area contributed by atoms with E-state index in [-0.39, 0.29) is 5.91 Å². The number of hydrogen-bond donors (Lipinski definition) is 2. The topological polar surface area (TPSA) is 54.0 Å². The summed E-state index contributed by atoms with van der Waals surface area (Å²) in [7, 11) is 0. The minimum atomic E-state index is -0.186. The van der Waals surface area contributed by atoms with Crippen LogP contribution in [0.5, 0.6) is 0 Å². The average Bonchev–Trinajstić information content (AvgIpc) is 2.81. The number of hydrogen-bond acceptors (Lipinski definition) is 3. The van der Waals surface area contributed by atoms with Crippen molar-refractivity contribution in [1.82, 2.24) is 10.3 Å². The SMILES string of the molecule is O=C(NCc1cccc(Cl)c1Cl)c1cccc(-c2ccnc(Nc3ccccc3)c2)c1. The molecule has 3 aromatic carbocycles. The van der Waals surface area contributed by atoms with Crippen molar-refractivity contribution in [2.75, 3.05) is 5.32 Å². The highest BCUT2D eigenvalue weighted by atomic mass is 35.5. The summed E-state index contributed by atoms with van der Waals surface area (Å²) >= 11 is 12.2. The lowest BCUT2D eigenvalue weighted by Crippen LogP contribution is -2.22. The van der Waals surface area contributed by atoms with Gasteiger partial charge in [-0.25, -0.2) is 4.98 Å². The van der Waals surface area contributed by atoms with Gasteiger partial charge in [0.1, 0.15) is 5.82 Å². The molecule has 31 heavy (non-hydrogen) atoms. The molecule has 1 aromatic heterocycles. The van der Waals surface area contributed by atoms with Crippen molar-refractivity contribution in [2.24, 2.45) is 0 Å².